The van der Waals surface area contributed by atoms with Gasteiger partial charge in [-0.25, -0.2) is 9.78 Å². The second-order valence-corrected chi connectivity index (χ2v) is 9.03. The third-order valence-corrected chi connectivity index (χ3v) is 6.60. The Hall–Kier alpha value is -4.53. The lowest BCUT2D eigenvalue weighted by Crippen LogP contribution is -2.45. The van der Waals surface area contributed by atoms with Crippen LogP contribution in [0.4, 0.5) is 5.82 Å². The maximum Gasteiger partial charge on any atom is 0.326 e. The van der Waals surface area contributed by atoms with E-state index in [0.29, 0.717) is 41.4 Å². The molecule has 2 aromatic carbocycles. The van der Waals surface area contributed by atoms with Crippen LogP contribution in [0.25, 0.3) is 16.9 Å². The zero-order valence-corrected chi connectivity index (χ0v) is 20.6. The summed E-state index contributed by atoms with van der Waals surface area (Å²) >= 11 is 0. The van der Waals surface area contributed by atoms with E-state index in [9.17, 15) is 14.7 Å². The number of nitrogens with one attached hydrogen (secondary N) is 2. The van der Waals surface area contributed by atoms with Gasteiger partial charge in [-0.2, -0.15) is 0 Å². The molecule has 0 bridgehead atoms. The first kappa shape index (κ1) is 24.2. The molecule has 4 aromatic rings. The molecule has 2 aromatic heterocycles. The first-order valence-corrected chi connectivity index (χ1v) is 12.2. The fourth-order valence-electron chi connectivity index (χ4n) is 4.29. The van der Waals surface area contributed by atoms with Crippen LogP contribution in [0.3, 0.4) is 0 Å². The van der Waals surface area contributed by atoms with Gasteiger partial charge in [-0.15, -0.1) is 0 Å². The minimum Gasteiger partial charge on any atom is -0.480 e. The first-order chi connectivity index (χ1) is 17.9. The number of benzene rings is 2. The molecule has 9 nitrogen and oxygen atoms in total. The smallest absolute Gasteiger partial charge is 0.326 e. The summed E-state index contributed by atoms with van der Waals surface area (Å²) in [6.45, 7) is 4.45. The molecule has 0 saturated carbocycles. The molecule has 0 radical (unpaired) electrons. The number of carbonyl (C=O) groups excluding carboxylic acids is 1. The van der Waals surface area contributed by atoms with Crippen LogP contribution < -0.4 is 20.1 Å². The van der Waals surface area contributed by atoms with Crippen molar-refractivity contribution in [2.75, 3.05) is 12.1 Å². The van der Waals surface area contributed by atoms with Crippen molar-refractivity contribution < 1.29 is 24.2 Å². The number of hydrogen-bond donors (Lipinski definition) is 3. The summed E-state index contributed by atoms with van der Waals surface area (Å²) in [4.78, 5) is 29.5. The number of aliphatic carboxylic acids is 1. The number of fused-ring (bicyclic) bond motifs is 2. The highest BCUT2D eigenvalue weighted by Gasteiger charge is 2.26. The minimum absolute atomic E-state index is 0.176. The van der Waals surface area contributed by atoms with E-state index in [4.69, 9.17) is 14.5 Å². The van der Waals surface area contributed by atoms with Gasteiger partial charge in [0.05, 0.1) is 0 Å². The van der Waals surface area contributed by atoms with Gasteiger partial charge in [0.2, 0.25) is 6.79 Å². The minimum atomic E-state index is -1.05. The van der Waals surface area contributed by atoms with Crippen molar-refractivity contribution in [3.05, 3.63) is 78.0 Å². The molecule has 190 valence electrons. The molecule has 1 aliphatic rings. The molecule has 5 rings (SSSR count). The van der Waals surface area contributed by atoms with Crippen LogP contribution >= 0.6 is 0 Å². The molecule has 3 heterocycles. The summed E-state index contributed by atoms with van der Waals surface area (Å²) in [6, 6.07) is 18.0. The quantitative estimate of drug-likeness (QED) is 0.308. The van der Waals surface area contributed by atoms with E-state index in [1.165, 1.54) is 0 Å². The zero-order valence-electron chi connectivity index (χ0n) is 20.6. The SMILES string of the molecule is CCC(C)C(NC(=O)c1ccn2c(NCc3ccccc3)c(-c3ccc4c(c3)OCO4)nc2c1)C(=O)O. The van der Waals surface area contributed by atoms with Gasteiger partial charge in [-0.3, -0.25) is 9.20 Å². The molecule has 37 heavy (non-hydrogen) atoms. The van der Waals surface area contributed by atoms with Gasteiger partial charge >= 0.3 is 5.97 Å². The molecule has 0 saturated heterocycles. The van der Waals surface area contributed by atoms with Crippen molar-refractivity contribution in [1.82, 2.24) is 14.7 Å². The van der Waals surface area contributed by atoms with Gasteiger partial charge in [0.15, 0.2) is 11.5 Å². The first-order valence-electron chi connectivity index (χ1n) is 12.2. The second-order valence-electron chi connectivity index (χ2n) is 9.03. The molecule has 0 spiro atoms. The van der Waals surface area contributed by atoms with Crippen molar-refractivity contribution in [2.24, 2.45) is 5.92 Å². The van der Waals surface area contributed by atoms with E-state index >= 15 is 0 Å². The molecule has 3 N–H and O–H groups in total. The number of carboxylic acid groups (broad SMARTS) is 1. The van der Waals surface area contributed by atoms with Crippen LogP contribution in [0.5, 0.6) is 11.5 Å². The van der Waals surface area contributed by atoms with Gasteiger partial charge < -0.3 is 25.2 Å². The average molecular weight is 501 g/mol. The van der Waals surface area contributed by atoms with Crippen LogP contribution in [-0.2, 0) is 11.3 Å². The van der Waals surface area contributed by atoms with Gasteiger partial charge in [0, 0.05) is 23.9 Å². The van der Waals surface area contributed by atoms with Gasteiger partial charge in [0.25, 0.3) is 5.91 Å². The van der Waals surface area contributed by atoms with Gasteiger partial charge in [0.1, 0.15) is 23.2 Å². The van der Waals surface area contributed by atoms with Crippen LogP contribution in [0.15, 0.2) is 66.9 Å². The third-order valence-electron chi connectivity index (χ3n) is 6.60. The number of carbonyl (C=O) groups is 2. The Labute approximate surface area is 214 Å². The predicted octanol–water partition coefficient (Wildman–Crippen LogP) is 4.57. The topological polar surface area (TPSA) is 114 Å². The Morgan fingerprint density at radius 2 is 1.86 bits per heavy atom. The molecular weight excluding hydrogens is 472 g/mol. The van der Waals surface area contributed by atoms with E-state index in [1.54, 1.807) is 25.3 Å². The van der Waals surface area contributed by atoms with Gasteiger partial charge in [-0.1, -0.05) is 50.6 Å². The van der Waals surface area contributed by atoms with Crippen LogP contribution in [0.1, 0.15) is 36.2 Å². The van der Waals surface area contributed by atoms with E-state index in [-0.39, 0.29) is 12.7 Å². The maximum absolute atomic E-state index is 13.0. The number of ether oxygens (including phenoxy) is 2. The summed E-state index contributed by atoms with van der Waals surface area (Å²) < 4.78 is 12.9. The maximum atomic E-state index is 13.0. The molecule has 9 heteroatoms. The summed E-state index contributed by atoms with van der Waals surface area (Å²) in [7, 11) is 0. The average Bonchev–Trinajstić information content (AvgIpc) is 3.54. The van der Waals surface area contributed by atoms with Crippen molar-refractivity contribution in [3.63, 3.8) is 0 Å². The largest absolute Gasteiger partial charge is 0.480 e. The highest BCUT2D eigenvalue weighted by Crippen LogP contribution is 2.38. The Kier molecular flexibility index (Phi) is 6.68. The lowest BCUT2D eigenvalue weighted by molar-refractivity contribution is -0.140. The van der Waals surface area contributed by atoms with Crippen LogP contribution in [0, 0.1) is 5.92 Å². The number of hydrogen-bond acceptors (Lipinski definition) is 6. The third kappa shape index (κ3) is 4.93. The molecule has 1 amide bonds. The Morgan fingerprint density at radius 3 is 2.62 bits per heavy atom. The van der Waals surface area contributed by atoms with Crippen LogP contribution in [0.2, 0.25) is 0 Å². The highest BCUT2D eigenvalue weighted by molar-refractivity contribution is 5.97. The number of pyridine rings is 1. The van der Waals surface area contributed by atoms with E-state index in [1.807, 2.05) is 59.9 Å². The number of nitrogens with zero attached hydrogens (tertiary/aromatic N) is 2. The van der Waals surface area contributed by atoms with Crippen molar-refractivity contribution >= 4 is 23.3 Å². The lowest BCUT2D eigenvalue weighted by atomic mass is 9.99. The molecule has 2 atom stereocenters. The molecular formula is C28H28N4O5. The molecule has 0 fully saturated rings. The molecule has 1 aliphatic heterocycles. The molecule has 2 unspecified atom stereocenters. The Bertz CT molecular complexity index is 1450. The normalized spacial score (nSPS) is 13.8. The number of carboxylic acids is 1. The van der Waals surface area contributed by atoms with Crippen molar-refractivity contribution in [3.8, 4) is 22.8 Å². The number of rotatable bonds is 9. The fourth-order valence-corrected chi connectivity index (χ4v) is 4.29. The number of aromatic nitrogens is 2. The Balaban J connectivity index is 1.51. The number of anilines is 1. The zero-order chi connectivity index (χ0) is 25.9. The highest BCUT2D eigenvalue weighted by atomic mass is 16.7. The number of amides is 1. The summed E-state index contributed by atoms with van der Waals surface area (Å²) in [5, 5.41) is 15.7. The molecule has 0 aliphatic carbocycles. The van der Waals surface area contributed by atoms with E-state index < -0.39 is 17.9 Å². The predicted molar refractivity (Wildman–Crippen MR) is 139 cm³/mol. The summed E-state index contributed by atoms with van der Waals surface area (Å²) in [5.74, 6) is 0.368. The second kappa shape index (κ2) is 10.2. The fraction of sp³-hybridized carbons (Fsp3) is 0.250. The van der Waals surface area contributed by atoms with E-state index in [2.05, 4.69) is 10.6 Å². The van der Waals surface area contributed by atoms with Crippen LogP contribution in [-0.4, -0.2) is 39.2 Å². The summed E-state index contributed by atoms with van der Waals surface area (Å²) in [5.41, 5.74) is 3.51. The Morgan fingerprint density at radius 1 is 1.08 bits per heavy atom. The number of imidazole rings is 1. The standard InChI is InChI=1S/C28H28N4O5/c1-3-17(2)24(28(34)35)31-27(33)20-11-12-32-23(14-20)30-25(19-9-10-21-22(13-19)37-16-36-21)26(32)29-15-18-7-5-4-6-8-18/h4-14,17,24,29H,3,15-16H2,1-2H3,(H,31,33)(H,34,35). The van der Waals surface area contributed by atoms with Crippen molar-refractivity contribution in [1.29, 1.82) is 0 Å². The van der Waals surface area contributed by atoms with Gasteiger partial charge in [-0.05, 0) is 41.8 Å². The van der Waals surface area contributed by atoms with E-state index in [0.717, 1.165) is 16.9 Å². The lowest BCUT2D eigenvalue weighted by Gasteiger charge is -2.20. The van der Waals surface area contributed by atoms with Crippen molar-refractivity contribution in [2.45, 2.75) is 32.9 Å². The monoisotopic (exact) mass is 500 g/mol. The summed E-state index contributed by atoms with van der Waals surface area (Å²) in [6.07, 6.45) is 2.39.